The van der Waals surface area contributed by atoms with Crippen LogP contribution in [0.4, 0.5) is 0 Å². The second kappa shape index (κ2) is 4.97. The highest BCUT2D eigenvalue weighted by molar-refractivity contribution is 7.08. The normalized spacial score (nSPS) is 12.7. The molecule has 2 rings (SSSR count). The maximum Gasteiger partial charge on any atom is 0.0718 e. The number of halogens is 1. The van der Waals surface area contributed by atoms with Crippen molar-refractivity contribution in [3.8, 4) is 0 Å². The molecule has 0 aliphatic carbocycles. The summed E-state index contributed by atoms with van der Waals surface area (Å²) in [6.07, 6.45) is 0. The minimum absolute atomic E-state index is 0.0298. The summed E-state index contributed by atoms with van der Waals surface area (Å²) in [4.78, 5) is 0. The molecule has 0 amide bonds. The Morgan fingerprint density at radius 2 is 2.12 bits per heavy atom. The summed E-state index contributed by atoms with van der Waals surface area (Å²) >= 11 is 7.67. The summed E-state index contributed by atoms with van der Waals surface area (Å²) in [6, 6.07) is 8.06. The van der Waals surface area contributed by atoms with Crippen molar-refractivity contribution in [1.29, 1.82) is 0 Å². The molecule has 84 valence electrons. The highest BCUT2D eigenvalue weighted by Gasteiger charge is 2.13. The molecule has 1 heterocycles. The van der Waals surface area contributed by atoms with Gasteiger partial charge in [0.2, 0.25) is 0 Å². The predicted molar refractivity (Wildman–Crippen MR) is 69.7 cm³/mol. The van der Waals surface area contributed by atoms with Crippen molar-refractivity contribution in [1.82, 2.24) is 5.43 Å². The second-order valence-electron chi connectivity index (χ2n) is 3.66. The third-order valence-corrected chi connectivity index (χ3v) is 3.68. The van der Waals surface area contributed by atoms with Crippen molar-refractivity contribution >= 4 is 22.9 Å². The Labute approximate surface area is 104 Å². The molecular formula is C12H13ClN2S. The Bertz CT molecular complexity index is 468. The van der Waals surface area contributed by atoms with Gasteiger partial charge in [-0.05, 0) is 46.5 Å². The first kappa shape index (κ1) is 11.6. The summed E-state index contributed by atoms with van der Waals surface area (Å²) in [7, 11) is 0. The first-order valence-electron chi connectivity index (χ1n) is 4.96. The number of thiophene rings is 1. The fraction of sp³-hybridized carbons (Fsp3) is 0.167. The van der Waals surface area contributed by atoms with Gasteiger partial charge >= 0.3 is 0 Å². The zero-order valence-corrected chi connectivity index (χ0v) is 10.5. The summed E-state index contributed by atoms with van der Waals surface area (Å²) in [5.41, 5.74) is 6.20. The van der Waals surface area contributed by atoms with Crippen molar-refractivity contribution in [3.63, 3.8) is 0 Å². The quantitative estimate of drug-likeness (QED) is 0.650. The fourth-order valence-corrected chi connectivity index (χ4v) is 2.48. The Hall–Kier alpha value is -0.870. The molecule has 3 N–H and O–H groups in total. The van der Waals surface area contributed by atoms with Crippen molar-refractivity contribution in [2.75, 3.05) is 0 Å². The summed E-state index contributed by atoms with van der Waals surface area (Å²) < 4.78 is 0. The number of hydrogen-bond acceptors (Lipinski definition) is 3. The number of hydrogen-bond donors (Lipinski definition) is 2. The van der Waals surface area contributed by atoms with Crippen LogP contribution in [0.25, 0.3) is 0 Å². The number of hydrazine groups is 1. The molecule has 1 aromatic heterocycles. The number of benzene rings is 1. The maximum atomic E-state index is 6.00. The van der Waals surface area contributed by atoms with Gasteiger partial charge in [-0.15, -0.1) is 0 Å². The molecule has 0 aliphatic rings. The van der Waals surface area contributed by atoms with Crippen molar-refractivity contribution in [2.24, 2.45) is 5.84 Å². The lowest BCUT2D eigenvalue weighted by Gasteiger charge is -2.16. The standard InChI is InChI=1S/C12H13ClN2S/c1-8-6-9(2-3-11(8)13)12(15-14)10-4-5-16-7-10/h2-7,12,15H,14H2,1H3. The SMILES string of the molecule is Cc1cc(C(NN)c2ccsc2)ccc1Cl. The van der Waals surface area contributed by atoms with Gasteiger partial charge in [0.05, 0.1) is 6.04 Å². The molecule has 1 aromatic carbocycles. The van der Waals surface area contributed by atoms with Gasteiger partial charge in [0.25, 0.3) is 0 Å². The molecule has 2 nitrogen and oxygen atoms in total. The Morgan fingerprint density at radius 1 is 1.31 bits per heavy atom. The van der Waals surface area contributed by atoms with Crippen molar-refractivity contribution < 1.29 is 0 Å². The van der Waals surface area contributed by atoms with Crippen LogP contribution < -0.4 is 11.3 Å². The lowest BCUT2D eigenvalue weighted by atomic mass is 10.0. The van der Waals surface area contributed by atoms with Gasteiger partial charge < -0.3 is 0 Å². The van der Waals surface area contributed by atoms with Crippen LogP contribution in [0, 0.1) is 6.92 Å². The molecule has 1 unspecified atom stereocenters. The van der Waals surface area contributed by atoms with E-state index in [9.17, 15) is 0 Å². The van der Waals surface area contributed by atoms with Gasteiger partial charge in [-0.25, -0.2) is 5.43 Å². The van der Waals surface area contributed by atoms with Gasteiger partial charge in [-0.1, -0.05) is 23.7 Å². The molecule has 0 aliphatic heterocycles. The molecule has 0 bridgehead atoms. The maximum absolute atomic E-state index is 6.00. The van der Waals surface area contributed by atoms with E-state index >= 15 is 0 Å². The van der Waals surface area contributed by atoms with Crippen molar-refractivity contribution in [3.05, 3.63) is 56.7 Å². The predicted octanol–water partition coefficient (Wildman–Crippen LogP) is 3.26. The van der Waals surface area contributed by atoms with E-state index in [1.807, 2.05) is 24.4 Å². The van der Waals surface area contributed by atoms with Gasteiger partial charge in [0.15, 0.2) is 0 Å². The monoisotopic (exact) mass is 252 g/mol. The largest absolute Gasteiger partial charge is 0.271 e. The molecule has 0 radical (unpaired) electrons. The Kier molecular flexibility index (Phi) is 3.61. The number of nitrogens with one attached hydrogen (secondary N) is 1. The molecule has 1 atom stereocenters. The molecule has 0 saturated carbocycles. The first-order chi connectivity index (χ1) is 7.72. The third kappa shape index (κ3) is 2.28. The van der Waals surface area contributed by atoms with E-state index in [2.05, 4.69) is 22.9 Å². The Balaban J connectivity index is 2.37. The highest BCUT2D eigenvalue weighted by atomic mass is 35.5. The van der Waals surface area contributed by atoms with Crippen LogP contribution in [0.3, 0.4) is 0 Å². The molecule has 16 heavy (non-hydrogen) atoms. The van der Waals surface area contributed by atoms with Crippen LogP contribution >= 0.6 is 22.9 Å². The Morgan fingerprint density at radius 3 is 2.69 bits per heavy atom. The minimum Gasteiger partial charge on any atom is -0.271 e. The zero-order chi connectivity index (χ0) is 11.5. The van der Waals surface area contributed by atoms with Crippen LogP contribution in [0.15, 0.2) is 35.0 Å². The van der Waals surface area contributed by atoms with Gasteiger partial charge in [-0.3, -0.25) is 5.84 Å². The molecule has 0 spiro atoms. The highest BCUT2D eigenvalue weighted by Crippen LogP contribution is 2.26. The van der Waals surface area contributed by atoms with Gasteiger partial charge in [0, 0.05) is 5.02 Å². The van der Waals surface area contributed by atoms with Crippen LogP contribution in [0.1, 0.15) is 22.7 Å². The minimum atomic E-state index is 0.0298. The van der Waals surface area contributed by atoms with E-state index < -0.39 is 0 Å². The average molecular weight is 253 g/mol. The van der Waals surface area contributed by atoms with E-state index in [1.54, 1.807) is 11.3 Å². The molecule has 0 saturated heterocycles. The van der Waals surface area contributed by atoms with Crippen molar-refractivity contribution in [2.45, 2.75) is 13.0 Å². The van der Waals surface area contributed by atoms with Crippen LogP contribution in [-0.2, 0) is 0 Å². The molecule has 2 aromatic rings. The number of nitrogens with two attached hydrogens (primary N) is 1. The molecular weight excluding hydrogens is 240 g/mol. The van der Waals surface area contributed by atoms with E-state index in [1.165, 1.54) is 5.56 Å². The lowest BCUT2D eigenvalue weighted by molar-refractivity contribution is 0.638. The zero-order valence-electron chi connectivity index (χ0n) is 8.91. The number of rotatable bonds is 3. The second-order valence-corrected chi connectivity index (χ2v) is 4.85. The average Bonchev–Trinajstić information content (AvgIpc) is 2.78. The van der Waals surface area contributed by atoms with E-state index in [4.69, 9.17) is 17.4 Å². The fourth-order valence-electron chi connectivity index (χ4n) is 1.67. The molecule has 0 fully saturated rings. The van der Waals surface area contributed by atoms with Crippen LogP contribution in [-0.4, -0.2) is 0 Å². The summed E-state index contributed by atoms with van der Waals surface area (Å²) in [5, 5.41) is 4.92. The van der Waals surface area contributed by atoms with E-state index in [0.29, 0.717) is 0 Å². The van der Waals surface area contributed by atoms with Crippen LogP contribution in [0.5, 0.6) is 0 Å². The first-order valence-corrected chi connectivity index (χ1v) is 6.28. The van der Waals surface area contributed by atoms with Crippen LogP contribution in [0.2, 0.25) is 5.02 Å². The van der Waals surface area contributed by atoms with E-state index in [0.717, 1.165) is 16.1 Å². The smallest absolute Gasteiger partial charge is 0.0718 e. The molecule has 4 heteroatoms. The van der Waals surface area contributed by atoms with E-state index in [-0.39, 0.29) is 6.04 Å². The third-order valence-electron chi connectivity index (χ3n) is 2.56. The topological polar surface area (TPSA) is 38.0 Å². The summed E-state index contributed by atoms with van der Waals surface area (Å²) in [5.74, 6) is 5.61. The van der Waals surface area contributed by atoms with Gasteiger partial charge in [0.1, 0.15) is 0 Å². The lowest BCUT2D eigenvalue weighted by Crippen LogP contribution is -2.28. The number of aryl methyl sites for hydroxylation is 1. The summed E-state index contributed by atoms with van der Waals surface area (Å²) in [6.45, 7) is 1.99. The van der Waals surface area contributed by atoms with Gasteiger partial charge in [-0.2, -0.15) is 11.3 Å².